The third-order valence-corrected chi connectivity index (χ3v) is 4.09. The molecule has 0 saturated carbocycles. The molecule has 0 bridgehead atoms. The molecule has 21 heavy (non-hydrogen) atoms. The van der Waals surface area contributed by atoms with Crippen molar-refractivity contribution in [2.24, 2.45) is 0 Å². The minimum atomic E-state index is 0.715. The van der Waals surface area contributed by atoms with Gasteiger partial charge in [0.05, 0.1) is 0 Å². The van der Waals surface area contributed by atoms with Crippen LogP contribution < -0.4 is 10.1 Å². The zero-order valence-electron chi connectivity index (χ0n) is 12.8. The lowest BCUT2D eigenvalue weighted by Crippen LogP contribution is -2.23. The van der Waals surface area contributed by atoms with Crippen molar-refractivity contribution in [1.29, 1.82) is 0 Å². The van der Waals surface area contributed by atoms with E-state index in [9.17, 15) is 0 Å². The summed E-state index contributed by atoms with van der Waals surface area (Å²) in [6.07, 6.45) is 0. The molecule has 0 saturated heterocycles. The Balaban J connectivity index is 1.72. The Morgan fingerprint density at radius 3 is 2.90 bits per heavy atom. The maximum Gasteiger partial charge on any atom is 0.119 e. The number of nitrogens with zero attached hydrogens (tertiary/aromatic N) is 1. The Morgan fingerprint density at radius 2 is 2.14 bits per heavy atom. The van der Waals surface area contributed by atoms with E-state index in [1.807, 2.05) is 6.07 Å². The maximum atomic E-state index is 5.85. The van der Waals surface area contributed by atoms with Crippen LogP contribution >= 0.6 is 11.3 Å². The first-order chi connectivity index (χ1) is 10.3. The van der Waals surface area contributed by atoms with Crippen LogP contribution in [0.1, 0.15) is 17.4 Å². The standard InChI is InChI=1S/C17H24N2OS/c1-3-18-13-15-6-4-7-16(12-15)20-10-9-19(2)14-17-8-5-11-21-17/h4-8,11-12,18H,3,9-10,13-14H2,1-2H3. The van der Waals surface area contributed by atoms with Gasteiger partial charge in [-0.25, -0.2) is 0 Å². The van der Waals surface area contributed by atoms with Crippen molar-refractivity contribution in [3.8, 4) is 5.75 Å². The molecule has 0 atom stereocenters. The smallest absolute Gasteiger partial charge is 0.119 e. The van der Waals surface area contributed by atoms with Crippen molar-refractivity contribution in [3.63, 3.8) is 0 Å². The van der Waals surface area contributed by atoms with Gasteiger partial charge in [0.15, 0.2) is 0 Å². The maximum absolute atomic E-state index is 5.85. The molecule has 0 fully saturated rings. The first-order valence-electron chi connectivity index (χ1n) is 7.41. The molecule has 1 heterocycles. The van der Waals surface area contributed by atoms with Gasteiger partial charge in [-0.2, -0.15) is 0 Å². The Bertz CT molecular complexity index is 513. The fraction of sp³-hybridized carbons (Fsp3) is 0.412. The van der Waals surface area contributed by atoms with Crippen LogP contribution in [0.4, 0.5) is 0 Å². The number of thiophene rings is 1. The number of nitrogens with one attached hydrogen (secondary N) is 1. The topological polar surface area (TPSA) is 24.5 Å². The van der Waals surface area contributed by atoms with Gasteiger partial charge < -0.3 is 10.1 Å². The van der Waals surface area contributed by atoms with Crippen LogP contribution in [-0.2, 0) is 13.1 Å². The summed E-state index contributed by atoms with van der Waals surface area (Å²) < 4.78 is 5.85. The Morgan fingerprint density at radius 1 is 1.24 bits per heavy atom. The van der Waals surface area contributed by atoms with Crippen molar-refractivity contribution in [2.45, 2.75) is 20.0 Å². The zero-order valence-corrected chi connectivity index (χ0v) is 13.7. The van der Waals surface area contributed by atoms with Crippen LogP contribution in [0, 0.1) is 0 Å². The van der Waals surface area contributed by atoms with E-state index < -0.39 is 0 Å². The van der Waals surface area contributed by atoms with Gasteiger partial charge >= 0.3 is 0 Å². The minimum Gasteiger partial charge on any atom is -0.492 e. The number of likely N-dealkylation sites (N-methyl/N-ethyl adjacent to an activating group) is 1. The van der Waals surface area contributed by atoms with E-state index >= 15 is 0 Å². The molecule has 0 radical (unpaired) electrons. The highest BCUT2D eigenvalue weighted by molar-refractivity contribution is 7.09. The second kappa shape index (κ2) is 8.82. The molecule has 4 heteroatoms. The lowest BCUT2D eigenvalue weighted by molar-refractivity contribution is 0.234. The summed E-state index contributed by atoms with van der Waals surface area (Å²) in [6.45, 7) is 6.62. The molecule has 1 aromatic heterocycles. The predicted octanol–water partition coefficient (Wildman–Crippen LogP) is 3.37. The molecular weight excluding hydrogens is 280 g/mol. The molecule has 0 amide bonds. The van der Waals surface area contributed by atoms with E-state index in [-0.39, 0.29) is 0 Å². The lowest BCUT2D eigenvalue weighted by Gasteiger charge is -2.16. The second-order valence-corrected chi connectivity index (χ2v) is 6.13. The average molecular weight is 304 g/mol. The van der Waals surface area contributed by atoms with Crippen LogP contribution in [0.3, 0.4) is 0 Å². The van der Waals surface area contributed by atoms with Gasteiger partial charge in [0.1, 0.15) is 12.4 Å². The quantitative estimate of drug-likeness (QED) is 0.769. The molecule has 0 spiro atoms. The van der Waals surface area contributed by atoms with Gasteiger partial charge in [-0.05, 0) is 42.7 Å². The van der Waals surface area contributed by atoms with E-state index in [1.165, 1.54) is 10.4 Å². The van der Waals surface area contributed by atoms with Gasteiger partial charge in [-0.1, -0.05) is 25.1 Å². The van der Waals surface area contributed by atoms with E-state index in [1.54, 1.807) is 11.3 Å². The minimum absolute atomic E-state index is 0.715. The number of hydrogen-bond donors (Lipinski definition) is 1. The Kier molecular flexibility index (Phi) is 6.73. The highest BCUT2D eigenvalue weighted by Gasteiger charge is 2.02. The molecule has 3 nitrogen and oxygen atoms in total. The first kappa shape index (κ1) is 16.0. The van der Waals surface area contributed by atoms with Crippen LogP contribution in [-0.4, -0.2) is 31.6 Å². The summed E-state index contributed by atoms with van der Waals surface area (Å²) >= 11 is 1.80. The summed E-state index contributed by atoms with van der Waals surface area (Å²) in [5, 5.41) is 5.45. The normalized spacial score (nSPS) is 11.0. The number of rotatable bonds is 9. The number of hydrogen-bond acceptors (Lipinski definition) is 4. The van der Waals surface area contributed by atoms with E-state index in [4.69, 9.17) is 4.74 Å². The van der Waals surface area contributed by atoms with Crippen molar-refractivity contribution in [3.05, 3.63) is 52.2 Å². The number of ether oxygens (including phenoxy) is 1. The summed E-state index contributed by atoms with van der Waals surface area (Å²) in [5.41, 5.74) is 1.27. The van der Waals surface area contributed by atoms with Crippen LogP contribution in [0.15, 0.2) is 41.8 Å². The molecule has 0 unspecified atom stereocenters. The van der Waals surface area contributed by atoms with Gasteiger partial charge in [0, 0.05) is 24.5 Å². The number of benzene rings is 1. The Hall–Kier alpha value is -1.36. The van der Waals surface area contributed by atoms with Crippen molar-refractivity contribution >= 4 is 11.3 Å². The third kappa shape index (κ3) is 5.87. The molecular formula is C17H24N2OS. The van der Waals surface area contributed by atoms with Crippen molar-refractivity contribution < 1.29 is 4.74 Å². The fourth-order valence-corrected chi connectivity index (χ4v) is 2.87. The predicted molar refractivity (Wildman–Crippen MR) is 90.0 cm³/mol. The van der Waals surface area contributed by atoms with Gasteiger partial charge in [-0.3, -0.25) is 4.90 Å². The van der Waals surface area contributed by atoms with Gasteiger partial charge in [0.25, 0.3) is 0 Å². The second-order valence-electron chi connectivity index (χ2n) is 5.09. The van der Waals surface area contributed by atoms with Crippen molar-refractivity contribution in [2.75, 3.05) is 26.7 Å². The fourth-order valence-electron chi connectivity index (χ4n) is 2.08. The average Bonchev–Trinajstić information content (AvgIpc) is 2.98. The third-order valence-electron chi connectivity index (χ3n) is 3.23. The summed E-state index contributed by atoms with van der Waals surface area (Å²) in [5.74, 6) is 0.954. The van der Waals surface area contributed by atoms with Crippen LogP contribution in [0.25, 0.3) is 0 Å². The van der Waals surface area contributed by atoms with E-state index in [0.717, 1.165) is 31.9 Å². The molecule has 0 aliphatic rings. The molecule has 0 aliphatic heterocycles. The molecule has 114 valence electrons. The van der Waals surface area contributed by atoms with E-state index in [0.29, 0.717) is 6.61 Å². The van der Waals surface area contributed by atoms with Crippen LogP contribution in [0.5, 0.6) is 5.75 Å². The summed E-state index contributed by atoms with van der Waals surface area (Å²) in [7, 11) is 2.13. The SMILES string of the molecule is CCNCc1cccc(OCCN(C)Cc2cccs2)c1. The molecule has 1 aromatic carbocycles. The summed E-state index contributed by atoms with van der Waals surface area (Å²) in [4.78, 5) is 3.68. The van der Waals surface area contributed by atoms with Gasteiger partial charge in [-0.15, -0.1) is 11.3 Å². The largest absolute Gasteiger partial charge is 0.492 e. The van der Waals surface area contributed by atoms with Crippen LogP contribution in [0.2, 0.25) is 0 Å². The van der Waals surface area contributed by atoms with Gasteiger partial charge in [0.2, 0.25) is 0 Å². The highest BCUT2D eigenvalue weighted by atomic mass is 32.1. The first-order valence-corrected chi connectivity index (χ1v) is 8.29. The monoisotopic (exact) mass is 304 g/mol. The molecule has 2 rings (SSSR count). The molecule has 0 aliphatic carbocycles. The lowest BCUT2D eigenvalue weighted by atomic mass is 10.2. The van der Waals surface area contributed by atoms with Crippen molar-refractivity contribution in [1.82, 2.24) is 10.2 Å². The van der Waals surface area contributed by atoms with E-state index in [2.05, 4.69) is 59.9 Å². The zero-order chi connectivity index (χ0) is 14.9. The molecule has 1 N–H and O–H groups in total. The highest BCUT2D eigenvalue weighted by Crippen LogP contribution is 2.14. The Labute approximate surface area is 131 Å². The molecule has 2 aromatic rings. The summed E-state index contributed by atoms with van der Waals surface area (Å²) in [6, 6.07) is 12.6.